The van der Waals surface area contributed by atoms with Crippen LogP contribution in [0.1, 0.15) is 33.4 Å². The molecule has 0 aliphatic heterocycles. The van der Waals surface area contributed by atoms with Crippen LogP contribution in [0.2, 0.25) is 0 Å². The summed E-state index contributed by atoms with van der Waals surface area (Å²) in [5.41, 5.74) is 0.800. The van der Waals surface area contributed by atoms with Gasteiger partial charge in [0, 0.05) is 11.6 Å². The summed E-state index contributed by atoms with van der Waals surface area (Å²) in [6, 6.07) is 1.13. The molecule has 1 heterocycles. The second-order valence-corrected chi connectivity index (χ2v) is 4.72. The lowest BCUT2D eigenvalue weighted by atomic mass is 9.92. The monoisotopic (exact) mass is 223 g/mol. The van der Waals surface area contributed by atoms with Gasteiger partial charge in [0.2, 0.25) is 5.95 Å². The molecule has 5 nitrogen and oxygen atoms in total. The summed E-state index contributed by atoms with van der Waals surface area (Å²) in [4.78, 5) is 18.9. The summed E-state index contributed by atoms with van der Waals surface area (Å²) in [6.45, 7) is 7.68. The van der Waals surface area contributed by atoms with E-state index >= 15 is 0 Å². The molecule has 1 aromatic rings. The number of anilines is 1. The Morgan fingerprint density at radius 3 is 2.62 bits per heavy atom. The summed E-state index contributed by atoms with van der Waals surface area (Å²) in [5.74, 6) is -0.577. The van der Waals surface area contributed by atoms with Crippen molar-refractivity contribution in [2.75, 3.05) is 5.32 Å². The SMILES string of the molecule is C[C@@H](Nc1nccc(C(C)(C)C)n1)C(=O)O. The molecule has 0 saturated carbocycles. The highest BCUT2D eigenvalue weighted by atomic mass is 16.4. The molecule has 0 aliphatic rings. The second kappa shape index (κ2) is 4.47. The fourth-order valence-corrected chi connectivity index (χ4v) is 1.10. The number of carbonyl (C=O) groups is 1. The lowest BCUT2D eigenvalue weighted by molar-refractivity contribution is -0.137. The average Bonchev–Trinajstić information content (AvgIpc) is 2.16. The molecule has 0 unspecified atom stereocenters. The number of hydrogen-bond acceptors (Lipinski definition) is 4. The van der Waals surface area contributed by atoms with E-state index in [9.17, 15) is 4.79 Å². The highest BCUT2D eigenvalue weighted by Gasteiger charge is 2.17. The van der Waals surface area contributed by atoms with E-state index in [4.69, 9.17) is 5.11 Å². The van der Waals surface area contributed by atoms with Crippen molar-refractivity contribution in [3.05, 3.63) is 18.0 Å². The molecule has 0 fully saturated rings. The lowest BCUT2D eigenvalue weighted by Crippen LogP contribution is -2.27. The molecule has 0 amide bonds. The Morgan fingerprint density at radius 2 is 2.12 bits per heavy atom. The van der Waals surface area contributed by atoms with Gasteiger partial charge in [0.1, 0.15) is 6.04 Å². The highest BCUT2D eigenvalue weighted by molar-refractivity contribution is 5.75. The molecule has 5 heteroatoms. The van der Waals surface area contributed by atoms with E-state index in [0.717, 1.165) is 5.69 Å². The molecule has 16 heavy (non-hydrogen) atoms. The number of nitrogens with zero attached hydrogens (tertiary/aromatic N) is 2. The number of carboxylic acid groups (broad SMARTS) is 1. The smallest absolute Gasteiger partial charge is 0.325 e. The van der Waals surface area contributed by atoms with Gasteiger partial charge in [0.15, 0.2) is 0 Å². The van der Waals surface area contributed by atoms with Crippen LogP contribution in [0.3, 0.4) is 0 Å². The van der Waals surface area contributed by atoms with Crippen molar-refractivity contribution in [1.29, 1.82) is 0 Å². The van der Waals surface area contributed by atoms with Crippen molar-refractivity contribution in [2.24, 2.45) is 0 Å². The van der Waals surface area contributed by atoms with Crippen LogP contribution in [0.5, 0.6) is 0 Å². The highest BCUT2D eigenvalue weighted by Crippen LogP contribution is 2.20. The minimum Gasteiger partial charge on any atom is -0.480 e. The normalized spacial score (nSPS) is 13.2. The first-order valence-electron chi connectivity index (χ1n) is 5.13. The Morgan fingerprint density at radius 1 is 1.50 bits per heavy atom. The number of aromatic nitrogens is 2. The van der Waals surface area contributed by atoms with Crippen molar-refractivity contribution in [3.63, 3.8) is 0 Å². The van der Waals surface area contributed by atoms with Crippen LogP contribution in [-0.4, -0.2) is 27.1 Å². The van der Waals surface area contributed by atoms with Gasteiger partial charge < -0.3 is 10.4 Å². The zero-order chi connectivity index (χ0) is 12.3. The van der Waals surface area contributed by atoms with Gasteiger partial charge in [0.25, 0.3) is 0 Å². The van der Waals surface area contributed by atoms with E-state index in [1.54, 1.807) is 13.1 Å². The van der Waals surface area contributed by atoms with Crippen LogP contribution in [0.25, 0.3) is 0 Å². The van der Waals surface area contributed by atoms with Crippen LogP contribution in [0.15, 0.2) is 12.3 Å². The summed E-state index contributed by atoms with van der Waals surface area (Å²) in [7, 11) is 0. The molecule has 0 bridgehead atoms. The van der Waals surface area contributed by atoms with Gasteiger partial charge in [0.05, 0.1) is 5.69 Å². The molecule has 88 valence electrons. The second-order valence-electron chi connectivity index (χ2n) is 4.72. The molecular weight excluding hydrogens is 206 g/mol. The maximum atomic E-state index is 10.7. The van der Waals surface area contributed by atoms with Gasteiger partial charge >= 0.3 is 5.97 Å². The minimum atomic E-state index is -0.926. The maximum absolute atomic E-state index is 10.7. The quantitative estimate of drug-likeness (QED) is 0.815. The van der Waals surface area contributed by atoms with Crippen molar-refractivity contribution in [3.8, 4) is 0 Å². The van der Waals surface area contributed by atoms with Gasteiger partial charge in [-0.05, 0) is 13.0 Å². The molecular formula is C11H17N3O2. The van der Waals surface area contributed by atoms with E-state index in [2.05, 4.69) is 15.3 Å². The first-order valence-corrected chi connectivity index (χ1v) is 5.13. The van der Waals surface area contributed by atoms with Gasteiger partial charge in [-0.3, -0.25) is 4.79 Å². The first kappa shape index (κ1) is 12.4. The van der Waals surface area contributed by atoms with Crippen LogP contribution < -0.4 is 5.32 Å². The average molecular weight is 223 g/mol. The van der Waals surface area contributed by atoms with Crippen LogP contribution in [0.4, 0.5) is 5.95 Å². The molecule has 1 atom stereocenters. The van der Waals surface area contributed by atoms with Gasteiger partial charge in [-0.2, -0.15) is 0 Å². The van der Waals surface area contributed by atoms with E-state index in [0.29, 0.717) is 5.95 Å². The Hall–Kier alpha value is -1.65. The Balaban J connectivity index is 2.87. The largest absolute Gasteiger partial charge is 0.480 e. The summed E-state index contributed by atoms with van der Waals surface area (Å²) in [6.07, 6.45) is 1.63. The molecule has 0 spiro atoms. The predicted octanol–water partition coefficient (Wildman–Crippen LogP) is 1.66. The van der Waals surface area contributed by atoms with Crippen LogP contribution in [0, 0.1) is 0 Å². The van der Waals surface area contributed by atoms with Gasteiger partial charge in [-0.15, -0.1) is 0 Å². The molecule has 0 aliphatic carbocycles. The van der Waals surface area contributed by atoms with Crippen molar-refractivity contribution < 1.29 is 9.90 Å². The van der Waals surface area contributed by atoms with Gasteiger partial charge in [-0.1, -0.05) is 20.8 Å². The van der Waals surface area contributed by atoms with E-state index < -0.39 is 12.0 Å². The number of carboxylic acids is 1. The number of nitrogens with one attached hydrogen (secondary N) is 1. The Kier molecular flexibility index (Phi) is 3.47. The van der Waals surface area contributed by atoms with Crippen molar-refractivity contribution in [1.82, 2.24) is 9.97 Å². The molecule has 0 radical (unpaired) electrons. The lowest BCUT2D eigenvalue weighted by Gasteiger charge is -2.18. The maximum Gasteiger partial charge on any atom is 0.325 e. The standard InChI is InChI=1S/C11H17N3O2/c1-7(9(15)16)13-10-12-6-5-8(14-10)11(2,3)4/h5-7H,1-4H3,(H,15,16)(H,12,13,14)/t7-/m1/s1. The van der Waals surface area contributed by atoms with Crippen molar-refractivity contribution in [2.45, 2.75) is 39.2 Å². The van der Waals surface area contributed by atoms with E-state index in [1.807, 2.05) is 26.8 Å². The zero-order valence-corrected chi connectivity index (χ0v) is 9.98. The molecule has 1 rings (SSSR count). The number of rotatable bonds is 3. The molecule has 0 saturated heterocycles. The Labute approximate surface area is 94.9 Å². The summed E-state index contributed by atoms with van der Waals surface area (Å²) < 4.78 is 0. The van der Waals surface area contributed by atoms with E-state index in [-0.39, 0.29) is 5.41 Å². The first-order chi connectivity index (χ1) is 7.30. The fourth-order valence-electron chi connectivity index (χ4n) is 1.10. The van der Waals surface area contributed by atoms with Gasteiger partial charge in [-0.25, -0.2) is 9.97 Å². The fraction of sp³-hybridized carbons (Fsp3) is 0.545. The third-order valence-electron chi connectivity index (χ3n) is 2.14. The molecule has 0 aromatic carbocycles. The predicted molar refractivity (Wildman–Crippen MR) is 61.5 cm³/mol. The van der Waals surface area contributed by atoms with E-state index in [1.165, 1.54) is 0 Å². The topological polar surface area (TPSA) is 75.1 Å². The summed E-state index contributed by atoms with van der Waals surface area (Å²) >= 11 is 0. The third kappa shape index (κ3) is 3.18. The summed E-state index contributed by atoms with van der Waals surface area (Å²) in [5, 5.41) is 11.5. The number of hydrogen-bond donors (Lipinski definition) is 2. The Bertz CT molecular complexity index is 385. The molecule has 1 aromatic heterocycles. The van der Waals surface area contributed by atoms with Crippen LogP contribution >= 0.6 is 0 Å². The number of aliphatic carboxylic acids is 1. The zero-order valence-electron chi connectivity index (χ0n) is 9.98. The molecule has 2 N–H and O–H groups in total. The van der Waals surface area contributed by atoms with Crippen molar-refractivity contribution >= 4 is 11.9 Å². The third-order valence-corrected chi connectivity index (χ3v) is 2.14. The minimum absolute atomic E-state index is 0.0775. The van der Waals surface area contributed by atoms with Crippen LogP contribution in [-0.2, 0) is 10.2 Å².